The molecule has 1 atom stereocenters. The lowest BCUT2D eigenvalue weighted by molar-refractivity contribution is -0.531. The lowest BCUT2D eigenvalue weighted by atomic mass is 10.1. The highest BCUT2D eigenvalue weighted by Gasteiger charge is 2.30. The van der Waals surface area contributed by atoms with Crippen molar-refractivity contribution in [3.8, 4) is 27.8 Å². The van der Waals surface area contributed by atoms with Crippen LogP contribution in [0.3, 0.4) is 0 Å². The summed E-state index contributed by atoms with van der Waals surface area (Å²) in [6, 6.07) is 12.2. The first-order chi connectivity index (χ1) is 15.8. The van der Waals surface area contributed by atoms with Crippen molar-refractivity contribution in [3.63, 3.8) is 0 Å². The van der Waals surface area contributed by atoms with E-state index < -0.39 is 17.1 Å². The number of benzene rings is 1. The van der Waals surface area contributed by atoms with Crippen molar-refractivity contribution in [2.75, 3.05) is 25.0 Å². The van der Waals surface area contributed by atoms with Crippen LogP contribution in [-0.2, 0) is 0 Å². The zero-order valence-corrected chi connectivity index (χ0v) is 19.0. The Morgan fingerprint density at radius 1 is 1.36 bits per heavy atom. The van der Waals surface area contributed by atoms with E-state index in [4.69, 9.17) is 11.6 Å². The number of nitriles is 1. The molecule has 1 fully saturated rings. The van der Waals surface area contributed by atoms with Crippen molar-refractivity contribution >= 4 is 34.1 Å². The summed E-state index contributed by atoms with van der Waals surface area (Å²) >= 11 is 7.42. The largest absolute Gasteiger partial charge is 0.323 e. The summed E-state index contributed by atoms with van der Waals surface area (Å²) in [5.41, 5.74) is 3.27. The van der Waals surface area contributed by atoms with Crippen LogP contribution in [0.5, 0.6) is 0 Å². The number of carbonyl (C=O) groups is 1. The maximum Gasteiger partial charge on any atom is 0.323 e. The number of anilines is 1. The number of pyridine rings is 1. The number of hydrogen-bond acceptors (Lipinski definition) is 8. The van der Waals surface area contributed by atoms with Crippen LogP contribution < -0.4 is 10.6 Å². The number of aromatic nitrogens is 2. The second-order valence-corrected chi connectivity index (χ2v) is 8.73. The number of aryl methyl sites for hydroxylation is 1. The van der Waals surface area contributed by atoms with Crippen LogP contribution in [-0.4, -0.2) is 51.6 Å². The first-order valence-electron chi connectivity index (χ1n) is 9.93. The molecule has 0 radical (unpaired) electrons. The van der Waals surface area contributed by atoms with Crippen molar-refractivity contribution in [1.82, 2.24) is 20.2 Å². The van der Waals surface area contributed by atoms with E-state index in [2.05, 4.69) is 26.7 Å². The van der Waals surface area contributed by atoms with E-state index >= 15 is 0 Å². The lowest BCUT2D eigenvalue weighted by Crippen LogP contribution is -2.56. The highest BCUT2D eigenvalue weighted by molar-refractivity contribution is 7.19. The standard InChI is InChI=1S/C21H18ClN7O3S/c1-12-7-15(9-16(22)25-12)19-18(14-4-2-3-13(8-14)10-23)26-20(33-19)27-21(30)28-6-5-24-17(11-28)29(31)32/h2-4,7-9,17,24H,5-6,11H2,1H3,(H,26,27,30)/t17-/m0/s1. The molecule has 4 rings (SSSR count). The number of nitrogens with zero attached hydrogens (tertiary/aromatic N) is 5. The normalized spacial score (nSPS) is 15.7. The van der Waals surface area contributed by atoms with Gasteiger partial charge >= 0.3 is 6.03 Å². The van der Waals surface area contributed by atoms with Gasteiger partial charge in [0.25, 0.3) is 6.17 Å². The van der Waals surface area contributed by atoms with E-state index in [1.165, 1.54) is 16.2 Å². The Kier molecular flexibility index (Phi) is 6.50. The minimum absolute atomic E-state index is 0.0483. The molecular weight excluding hydrogens is 466 g/mol. The summed E-state index contributed by atoms with van der Waals surface area (Å²) in [5.74, 6) is 0. The first kappa shape index (κ1) is 22.6. The fraction of sp³-hybridized carbons (Fsp3) is 0.238. The van der Waals surface area contributed by atoms with Crippen molar-refractivity contribution in [2.24, 2.45) is 0 Å². The number of nitro groups is 1. The van der Waals surface area contributed by atoms with Gasteiger partial charge in [0.05, 0.1) is 22.2 Å². The van der Waals surface area contributed by atoms with Gasteiger partial charge in [0.1, 0.15) is 11.7 Å². The second kappa shape index (κ2) is 9.50. The van der Waals surface area contributed by atoms with E-state index in [0.717, 1.165) is 16.1 Å². The van der Waals surface area contributed by atoms with Crippen LogP contribution in [0.15, 0.2) is 36.4 Å². The number of piperazine rings is 1. The number of hydrogen-bond donors (Lipinski definition) is 2. The number of nitrogens with one attached hydrogen (secondary N) is 2. The van der Waals surface area contributed by atoms with Gasteiger partial charge in [-0.3, -0.25) is 20.7 Å². The van der Waals surface area contributed by atoms with Gasteiger partial charge in [-0.1, -0.05) is 35.1 Å². The minimum Gasteiger partial charge on any atom is -0.315 e. The molecule has 12 heteroatoms. The summed E-state index contributed by atoms with van der Waals surface area (Å²) < 4.78 is 0. The first-order valence-corrected chi connectivity index (χ1v) is 11.1. The zero-order chi connectivity index (χ0) is 23.5. The van der Waals surface area contributed by atoms with E-state index in [1.54, 1.807) is 24.3 Å². The molecule has 2 N–H and O–H groups in total. The van der Waals surface area contributed by atoms with Gasteiger partial charge in [-0.15, -0.1) is 0 Å². The molecule has 1 aliphatic heterocycles. The molecule has 168 valence electrons. The molecule has 2 amide bonds. The number of carbonyl (C=O) groups excluding carboxylic acids is 1. The van der Waals surface area contributed by atoms with Crippen LogP contribution in [0.2, 0.25) is 5.15 Å². The fourth-order valence-corrected chi connectivity index (χ4v) is 4.70. The lowest BCUT2D eigenvalue weighted by Gasteiger charge is -2.28. The van der Waals surface area contributed by atoms with Crippen molar-refractivity contribution in [2.45, 2.75) is 13.1 Å². The molecule has 33 heavy (non-hydrogen) atoms. The molecule has 0 unspecified atom stereocenters. The van der Waals surface area contributed by atoms with E-state index in [1.807, 2.05) is 19.1 Å². The quantitative estimate of drug-likeness (QED) is 0.327. The summed E-state index contributed by atoms with van der Waals surface area (Å²) in [7, 11) is 0. The summed E-state index contributed by atoms with van der Waals surface area (Å²) in [4.78, 5) is 34.4. The third kappa shape index (κ3) is 5.09. The van der Waals surface area contributed by atoms with E-state index in [9.17, 15) is 20.2 Å². The van der Waals surface area contributed by atoms with Gasteiger partial charge in [0.2, 0.25) is 0 Å². The monoisotopic (exact) mass is 483 g/mol. The Hall–Kier alpha value is -3.59. The molecule has 0 saturated carbocycles. The van der Waals surface area contributed by atoms with Crippen LogP contribution in [0, 0.1) is 28.4 Å². The van der Waals surface area contributed by atoms with Gasteiger partial charge in [-0.05, 0) is 36.8 Å². The molecule has 10 nitrogen and oxygen atoms in total. The molecule has 3 heterocycles. The highest BCUT2D eigenvalue weighted by Crippen LogP contribution is 2.40. The summed E-state index contributed by atoms with van der Waals surface area (Å²) in [5, 5.41) is 26.6. The molecule has 3 aromatic rings. The summed E-state index contributed by atoms with van der Waals surface area (Å²) in [6.07, 6.45) is -1.01. The average Bonchev–Trinajstić information content (AvgIpc) is 3.22. The topological polar surface area (TPSA) is 137 Å². The van der Waals surface area contributed by atoms with Crippen LogP contribution in [0.1, 0.15) is 11.3 Å². The molecule has 0 bridgehead atoms. The van der Waals surface area contributed by atoms with Gasteiger partial charge in [0.15, 0.2) is 5.13 Å². The van der Waals surface area contributed by atoms with Crippen LogP contribution >= 0.6 is 22.9 Å². The van der Waals surface area contributed by atoms with Gasteiger partial charge in [0, 0.05) is 29.3 Å². The number of rotatable bonds is 4. The maximum atomic E-state index is 12.8. The van der Waals surface area contributed by atoms with Gasteiger partial charge < -0.3 is 4.90 Å². The number of thiazole rings is 1. The highest BCUT2D eigenvalue weighted by atomic mass is 35.5. The van der Waals surface area contributed by atoms with Gasteiger partial charge in [-0.2, -0.15) is 5.26 Å². The third-order valence-corrected chi connectivity index (χ3v) is 6.20. The minimum atomic E-state index is -1.01. The SMILES string of the molecule is Cc1cc(-c2sc(NC(=O)N3CCN[C@@H]([N+](=O)[O-])C3)nc2-c2cccc(C#N)c2)cc(Cl)n1. The molecular formula is C21H18ClN7O3S. The van der Waals surface area contributed by atoms with Crippen molar-refractivity contribution < 1.29 is 9.72 Å². The van der Waals surface area contributed by atoms with Gasteiger partial charge in [-0.25, -0.2) is 14.8 Å². The maximum absolute atomic E-state index is 12.8. The smallest absolute Gasteiger partial charge is 0.315 e. The number of halogens is 1. The Morgan fingerprint density at radius 3 is 2.91 bits per heavy atom. The van der Waals surface area contributed by atoms with Crippen LogP contribution in [0.25, 0.3) is 21.7 Å². The average molecular weight is 484 g/mol. The molecule has 0 aliphatic carbocycles. The molecule has 1 aromatic carbocycles. The predicted octanol–water partition coefficient (Wildman–Crippen LogP) is 3.75. The Labute approximate surface area is 198 Å². The second-order valence-electron chi connectivity index (χ2n) is 7.34. The Bertz CT molecular complexity index is 1250. The van der Waals surface area contributed by atoms with Crippen molar-refractivity contribution in [3.05, 3.63) is 62.9 Å². The predicted molar refractivity (Wildman–Crippen MR) is 125 cm³/mol. The zero-order valence-electron chi connectivity index (χ0n) is 17.4. The summed E-state index contributed by atoms with van der Waals surface area (Å²) in [6.45, 7) is 2.44. The third-order valence-electron chi connectivity index (χ3n) is 4.99. The van der Waals surface area contributed by atoms with Crippen LogP contribution in [0.4, 0.5) is 9.93 Å². The molecule has 1 saturated heterocycles. The number of urea groups is 1. The Morgan fingerprint density at radius 2 is 2.18 bits per heavy atom. The molecule has 0 spiro atoms. The molecule has 1 aliphatic rings. The van der Waals surface area contributed by atoms with E-state index in [0.29, 0.717) is 40.2 Å². The molecule has 2 aromatic heterocycles. The van der Waals surface area contributed by atoms with E-state index in [-0.39, 0.29) is 6.54 Å². The fourth-order valence-electron chi connectivity index (χ4n) is 3.49. The number of amides is 2. The Balaban J connectivity index is 1.69. The van der Waals surface area contributed by atoms with Crippen molar-refractivity contribution in [1.29, 1.82) is 5.26 Å².